The molecule has 0 unspecified atom stereocenters. The lowest BCUT2D eigenvalue weighted by Crippen LogP contribution is -2.04. The minimum absolute atomic E-state index is 0.596. The zero-order valence-electron chi connectivity index (χ0n) is 12.3. The maximum absolute atomic E-state index is 6.22. The Bertz CT molecular complexity index is 830. The van der Waals surface area contributed by atoms with Crippen molar-refractivity contribution in [2.24, 2.45) is 0 Å². The quantitative estimate of drug-likeness (QED) is 0.675. The molecular formula is C16H15Cl2N3S. The van der Waals surface area contributed by atoms with Gasteiger partial charge >= 0.3 is 0 Å². The summed E-state index contributed by atoms with van der Waals surface area (Å²) in [6.45, 7) is 4.65. The van der Waals surface area contributed by atoms with Crippen LogP contribution in [-0.4, -0.2) is 9.97 Å². The Morgan fingerprint density at radius 1 is 1.18 bits per heavy atom. The van der Waals surface area contributed by atoms with Crippen molar-refractivity contribution in [2.45, 2.75) is 26.8 Å². The minimum atomic E-state index is 0.596. The summed E-state index contributed by atoms with van der Waals surface area (Å²) in [6, 6.07) is 7.67. The molecule has 0 atom stereocenters. The molecule has 0 saturated heterocycles. The van der Waals surface area contributed by atoms with Gasteiger partial charge in [0, 0.05) is 21.5 Å². The van der Waals surface area contributed by atoms with Gasteiger partial charge in [0.25, 0.3) is 0 Å². The third-order valence-electron chi connectivity index (χ3n) is 3.37. The van der Waals surface area contributed by atoms with Crippen LogP contribution in [0, 0.1) is 6.92 Å². The van der Waals surface area contributed by atoms with Gasteiger partial charge in [-0.25, -0.2) is 9.97 Å². The molecule has 2 heterocycles. The van der Waals surface area contributed by atoms with E-state index in [-0.39, 0.29) is 0 Å². The first-order valence-electron chi connectivity index (χ1n) is 7.01. The molecule has 0 aliphatic carbocycles. The Balaban J connectivity index is 1.91. The molecule has 3 nitrogen and oxygen atoms in total. The number of nitrogens with one attached hydrogen (secondary N) is 1. The molecular weight excluding hydrogens is 337 g/mol. The first-order chi connectivity index (χ1) is 10.6. The topological polar surface area (TPSA) is 37.8 Å². The predicted molar refractivity (Wildman–Crippen MR) is 95.3 cm³/mol. The summed E-state index contributed by atoms with van der Waals surface area (Å²) in [6.07, 6.45) is 1.00. The molecule has 0 spiro atoms. The van der Waals surface area contributed by atoms with Crippen molar-refractivity contribution < 1.29 is 0 Å². The van der Waals surface area contributed by atoms with Gasteiger partial charge in [-0.15, -0.1) is 11.3 Å². The van der Waals surface area contributed by atoms with Gasteiger partial charge in [-0.05, 0) is 37.1 Å². The summed E-state index contributed by atoms with van der Waals surface area (Å²) < 4.78 is 0. The third-order valence-corrected chi connectivity index (χ3v) is 5.13. The summed E-state index contributed by atoms with van der Waals surface area (Å²) in [5.74, 6) is 1.62. The lowest BCUT2D eigenvalue weighted by atomic mass is 10.2. The number of thiophene rings is 1. The highest BCUT2D eigenvalue weighted by atomic mass is 35.5. The van der Waals surface area contributed by atoms with Crippen LogP contribution >= 0.6 is 34.5 Å². The SMILES string of the molecule is CCc1cc2c(NCc3ccc(Cl)cc3Cl)nc(C)nc2s1. The number of aryl methyl sites for hydroxylation is 2. The van der Waals surface area contributed by atoms with Gasteiger partial charge in [0.15, 0.2) is 0 Å². The third kappa shape index (κ3) is 3.19. The number of aromatic nitrogens is 2. The molecule has 114 valence electrons. The molecule has 0 amide bonds. The highest BCUT2D eigenvalue weighted by Gasteiger charge is 2.10. The van der Waals surface area contributed by atoms with E-state index in [4.69, 9.17) is 23.2 Å². The van der Waals surface area contributed by atoms with Crippen molar-refractivity contribution >= 4 is 50.6 Å². The predicted octanol–water partition coefficient (Wildman–Crippen LogP) is 5.48. The van der Waals surface area contributed by atoms with Crippen molar-refractivity contribution in [1.29, 1.82) is 0 Å². The van der Waals surface area contributed by atoms with E-state index in [1.54, 1.807) is 17.4 Å². The number of hydrogen-bond donors (Lipinski definition) is 1. The molecule has 0 radical (unpaired) electrons. The van der Waals surface area contributed by atoms with Crippen molar-refractivity contribution in [3.8, 4) is 0 Å². The minimum Gasteiger partial charge on any atom is -0.365 e. The van der Waals surface area contributed by atoms with E-state index < -0.39 is 0 Å². The van der Waals surface area contributed by atoms with Crippen LogP contribution in [-0.2, 0) is 13.0 Å². The van der Waals surface area contributed by atoms with Gasteiger partial charge in [0.1, 0.15) is 16.5 Å². The second kappa shape index (κ2) is 6.41. The summed E-state index contributed by atoms with van der Waals surface area (Å²) >= 11 is 13.9. The van der Waals surface area contributed by atoms with Gasteiger partial charge in [-0.1, -0.05) is 36.2 Å². The highest BCUT2D eigenvalue weighted by molar-refractivity contribution is 7.18. The van der Waals surface area contributed by atoms with Gasteiger partial charge in [-0.3, -0.25) is 0 Å². The van der Waals surface area contributed by atoms with Gasteiger partial charge in [0.2, 0.25) is 0 Å². The Kier molecular flexibility index (Phi) is 4.52. The zero-order valence-corrected chi connectivity index (χ0v) is 14.6. The largest absolute Gasteiger partial charge is 0.365 e. The summed E-state index contributed by atoms with van der Waals surface area (Å²) in [4.78, 5) is 11.4. The van der Waals surface area contributed by atoms with E-state index in [0.717, 1.165) is 33.8 Å². The van der Waals surface area contributed by atoms with Crippen LogP contribution in [0.4, 0.5) is 5.82 Å². The molecule has 0 bridgehead atoms. The van der Waals surface area contributed by atoms with E-state index >= 15 is 0 Å². The molecule has 0 aliphatic rings. The van der Waals surface area contributed by atoms with Crippen LogP contribution in [0.25, 0.3) is 10.2 Å². The number of anilines is 1. The molecule has 0 aliphatic heterocycles. The molecule has 22 heavy (non-hydrogen) atoms. The first kappa shape index (κ1) is 15.5. The molecule has 0 saturated carbocycles. The summed E-state index contributed by atoms with van der Waals surface area (Å²) in [5, 5.41) is 5.73. The molecule has 3 aromatic rings. The van der Waals surface area contributed by atoms with Crippen molar-refractivity contribution in [3.63, 3.8) is 0 Å². The number of fused-ring (bicyclic) bond motifs is 1. The molecule has 6 heteroatoms. The number of benzene rings is 1. The molecule has 3 rings (SSSR count). The average Bonchev–Trinajstić information content (AvgIpc) is 2.89. The van der Waals surface area contributed by atoms with Crippen LogP contribution in [0.15, 0.2) is 24.3 Å². The first-order valence-corrected chi connectivity index (χ1v) is 8.59. The number of rotatable bonds is 4. The smallest absolute Gasteiger partial charge is 0.138 e. The van der Waals surface area contributed by atoms with Crippen LogP contribution < -0.4 is 5.32 Å². The van der Waals surface area contributed by atoms with Crippen LogP contribution in [0.1, 0.15) is 23.2 Å². The standard InChI is InChI=1S/C16H15Cl2N3S/c1-3-12-7-13-15(20-9(2)21-16(13)22-12)19-8-10-4-5-11(17)6-14(10)18/h4-7H,3,8H2,1-2H3,(H,19,20,21). The Morgan fingerprint density at radius 2 is 2.00 bits per heavy atom. The Morgan fingerprint density at radius 3 is 2.73 bits per heavy atom. The second-order valence-electron chi connectivity index (χ2n) is 4.99. The van der Waals surface area contributed by atoms with Gasteiger partial charge in [0.05, 0.1) is 5.39 Å². The average molecular weight is 352 g/mol. The Labute approximate surface area is 143 Å². The van der Waals surface area contributed by atoms with Gasteiger partial charge < -0.3 is 5.32 Å². The van der Waals surface area contributed by atoms with Crippen molar-refractivity contribution in [3.05, 3.63) is 50.6 Å². The van der Waals surface area contributed by atoms with Crippen LogP contribution in [0.2, 0.25) is 10.0 Å². The fourth-order valence-corrected chi connectivity index (χ4v) is 3.72. The lowest BCUT2D eigenvalue weighted by Gasteiger charge is -2.09. The van der Waals surface area contributed by atoms with Gasteiger partial charge in [-0.2, -0.15) is 0 Å². The summed E-state index contributed by atoms with van der Waals surface area (Å²) in [7, 11) is 0. The van der Waals surface area contributed by atoms with E-state index in [2.05, 4.69) is 28.3 Å². The molecule has 1 N–H and O–H groups in total. The van der Waals surface area contributed by atoms with Crippen LogP contribution in [0.5, 0.6) is 0 Å². The van der Waals surface area contributed by atoms with Crippen molar-refractivity contribution in [1.82, 2.24) is 9.97 Å². The Hall–Kier alpha value is -1.36. The lowest BCUT2D eigenvalue weighted by molar-refractivity contribution is 1.06. The zero-order chi connectivity index (χ0) is 15.7. The van der Waals surface area contributed by atoms with Crippen molar-refractivity contribution in [2.75, 3.05) is 5.32 Å². The van der Waals surface area contributed by atoms with E-state index in [9.17, 15) is 0 Å². The highest BCUT2D eigenvalue weighted by Crippen LogP contribution is 2.30. The number of halogens is 2. The maximum Gasteiger partial charge on any atom is 0.138 e. The monoisotopic (exact) mass is 351 g/mol. The number of hydrogen-bond acceptors (Lipinski definition) is 4. The maximum atomic E-state index is 6.22. The summed E-state index contributed by atoms with van der Waals surface area (Å²) in [5.41, 5.74) is 0.987. The fraction of sp³-hybridized carbons (Fsp3) is 0.250. The van der Waals surface area contributed by atoms with Crippen LogP contribution in [0.3, 0.4) is 0 Å². The molecule has 2 aromatic heterocycles. The number of nitrogens with zero attached hydrogens (tertiary/aromatic N) is 2. The van der Waals surface area contributed by atoms with E-state index in [0.29, 0.717) is 16.6 Å². The van der Waals surface area contributed by atoms with E-state index in [1.807, 2.05) is 19.1 Å². The normalized spacial score (nSPS) is 11.1. The second-order valence-corrected chi connectivity index (χ2v) is 6.95. The fourth-order valence-electron chi connectivity index (χ4n) is 2.23. The molecule has 1 aromatic carbocycles. The van der Waals surface area contributed by atoms with E-state index in [1.165, 1.54) is 4.88 Å². The molecule has 0 fully saturated rings.